The van der Waals surface area contributed by atoms with Gasteiger partial charge >= 0.3 is 6.18 Å². The van der Waals surface area contributed by atoms with E-state index in [9.17, 15) is 26.4 Å². The third-order valence-electron chi connectivity index (χ3n) is 4.02. The van der Waals surface area contributed by atoms with Gasteiger partial charge in [0.2, 0.25) is 5.88 Å². The highest BCUT2D eigenvalue weighted by Crippen LogP contribution is 2.29. The lowest BCUT2D eigenvalue weighted by Gasteiger charge is -2.09. The lowest BCUT2D eigenvalue weighted by atomic mass is 10.1. The van der Waals surface area contributed by atoms with Crippen LogP contribution in [0.1, 0.15) is 27.2 Å². The number of amides is 1. The highest BCUT2D eigenvalue weighted by Gasteiger charge is 2.29. The van der Waals surface area contributed by atoms with Gasteiger partial charge in [0.1, 0.15) is 0 Å². The van der Waals surface area contributed by atoms with Crippen molar-refractivity contribution in [3.8, 4) is 0 Å². The highest BCUT2D eigenvalue weighted by molar-refractivity contribution is 7.92. The number of benzene rings is 2. The van der Waals surface area contributed by atoms with E-state index in [1.54, 1.807) is 6.92 Å². The molecule has 3 aromatic rings. The van der Waals surface area contributed by atoms with E-state index < -0.39 is 27.7 Å². The van der Waals surface area contributed by atoms with E-state index in [2.05, 4.69) is 15.2 Å². The summed E-state index contributed by atoms with van der Waals surface area (Å²) in [4.78, 5) is 12.1. The molecule has 0 spiro atoms. The SMILES string of the molecule is Cc1cc(NS(=O)(=O)c2ccc(C(=O)NCc3ccc(C(F)(F)F)cc3)cc2)on1. The van der Waals surface area contributed by atoms with Crippen molar-refractivity contribution in [3.63, 3.8) is 0 Å². The van der Waals surface area contributed by atoms with Crippen LogP contribution in [0.4, 0.5) is 19.1 Å². The summed E-state index contributed by atoms with van der Waals surface area (Å²) in [6.07, 6.45) is -4.43. The summed E-state index contributed by atoms with van der Waals surface area (Å²) >= 11 is 0. The molecule has 0 aliphatic heterocycles. The Kier molecular flexibility index (Phi) is 5.83. The van der Waals surface area contributed by atoms with Gasteiger partial charge in [-0.1, -0.05) is 17.3 Å². The number of sulfonamides is 1. The molecule has 1 aromatic heterocycles. The molecule has 30 heavy (non-hydrogen) atoms. The molecule has 0 aliphatic carbocycles. The molecular weight excluding hydrogens is 423 g/mol. The first-order valence-corrected chi connectivity index (χ1v) is 10.0. The second-order valence-corrected chi connectivity index (χ2v) is 8.02. The molecule has 1 amide bonds. The predicted molar refractivity (Wildman–Crippen MR) is 101 cm³/mol. The monoisotopic (exact) mass is 439 g/mol. The topological polar surface area (TPSA) is 101 Å². The Labute approximate surface area is 169 Å². The fourth-order valence-corrected chi connectivity index (χ4v) is 3.46. The minimum Gasteiger partial charge on any atom is -0.348 e. The van der Waals surface area contributed by atoms with Gasteiger partial charge in [0.25, 0.3) is 15.9 Å². The van der Waals surface area contributed by atoms with E-state index in [1.165, 1.54) is 42.5 Å². The van der Waals surface area contributed by atoms with Crippen molar-refractivity contribution in [2.75, 3.05) is 4.72 Å². The maximum atomic E-state index is 12.6. The Morgan fingerprint density at radius 2 is 1.70 bits per heavy atom. The molecule has 0 radical (unpaired) electrons. The number of carbonyl (C=O) groups is 1. The van der Waals surface area contributed by atoms with Crippen LogP contribution in [0.25, 0.3) is 0 Å². The fourth-order valence-electron chi connectivity index (χ4n) is 2.48. The molecule has 0 fully saturated rings. The molecule has 158 valence electrons. The first-order valence-electron chi connectivity index (χ1n) is 8.55. The van der Waals surface area contributed by atoms with Gasteiger partial charge in [-0.15, -0.1) is 0 Å². The van der Waals surface area contributed by atoms with Crippen LogP contribution in [-0.2, 0) is 22.7 Å². The molecule has 3 rings (SSSR count). The molecule has 0 saturated heterocycles. The minimum absolute atomic E-state index is 0.0173. The van der Waals surface area contributed by atoms with Crippen molar-refractivity contribution in [3.05, 3.63) is 77.0 Å². The predicted octanol–water partition coefficient (Wildman–Crippen LogP) is 3.73. The molecule has 0 bridgehead atoms. The third-order valence-corrected chi connectivity index (χ3v) is 5.39. The maximum absolute atomic E-state index is 12.6. The van der Waals surface area contributed by atoms with Crippen LogP contribution in [0.3, 0.4) is 0 Å². The molecule has 1 heterocycles. The molecule has 0 unspecified atom stereocenters. The van der Waals surface area contributed by atoms with Gasteiger partial charge in [0, 0.05) is 18.2 Å². The second-order valence-electron chi connectivity index (χ2n) is 6.34. The number of carbonyl (C=O) groups excluding carboxylic acids is 1. The van der Waals surface area contributed by atoms with E-state index in [0.717, 1.165) is 12.1 Å². The first-order chi connectivity index (χ1) is 14.0. The van der Waals surface area contributed by atoms with E-state index in [4.69, 9.17) is 4.52 Å². The molecule has 0 saturated carbocycles. The summed E-state index contributed by atoms with van der Waals surface area (Å²) in [6, 6.07) is 11.0. The molecule has 2 N–H and O–H groups in total. The number of hydrogen-bond donors (Lipinski definition) is 2. The molecular formula is C19H16F3N3O4S. The number of hydrogen-bond acceptors (Lipinski definition) is 5. The summed E-state index contributed by atoms with van der Waals surface area (Å²) in [5.41, 5.74) is 0.412. The maximum Gasteiger partial charge on any atom is 0.416 e. The summed E-state index contributed by atoms with van der Waals surface area (Å²) in [5.74, 6) is -0.538. The van der Waals surface area contributed by atoms with Crippen LogP contribution in [0.15, 0.2) is 64.0 Å². The van der Waals surface area contributed by atoms with Crippen LogP contribution in [0.5, 0.6) is 0 Å². The smallest absolute Gasteiger partial charge is 0.348 e. The van der Waals surface area contributed by atoms with Crippen molar-refractivity contribution in [2.45, 2.75) is 24.5 Å². The standard InChI is InChI=1S/C19H16F3N3O4S/c1-12-10-17(29-24-12)25-30(27,28)16-8-4-14(5-9-16)18(26)23-11-13-2-6-15(7-3-13)19(20,21)22/h2-10,25H,11H2,1H3,(H,23,26). The Bertz CT molecular complexity index is 1140. The number of rotatable bonds is 6. The number of nitrogens with zero attached hydrogens (tertiary/aromatic N) is 1. The quantitative estimate of drug-likeness (QED) is 0.610. The zero-order valence-electron chi connectivity index (χ0n) is 15.5. The lowest BCUT2D eigenvalue weighted by Crippen LogP contribution is -2.23. The van der Waals surface area contributed by atoms with Crippen molar-refractivity contribution in [2.24, 2.45) is 0 Å². The van der Waals surface area contributed by atoms with Gasteiger partial charge < -0.3 is 9.84 Å². The second kappa shape index (κ2) is 8.19. The summed E-state index contributed by atoms with van der Waals surface area (Å²) in [6.45, 7) is 1.66. The Balaban J connectivity index is 1.62. The first kappa shape index (κ1) is 21.4. The lowest BCUT2D eigenvalue weighted by molar-refractivity contribution is -0.137. The van der Waals surface area contributed by atoms with E-state index in [1.807, 2.05) is 0 Å². The average molecular weight is 439 g/mol. The fraction of sp³-hybridized carbons (Fsp3) is 0.158. The van der Waals surface area contributed by atoms with Gasteiger partial charge in [-0.3, -0.25) is 4.79 Å². The number of nitrogens with one attached hydrogen (secondary N) is 2. The van der Waals surface area contributed by atoms with Crippen LogP contribution >= 0.6 is 0 Å². The number of aromatic nitrogens is 1. The van der Waals surface area contributed by atoms with E-state index >= 15 is 0 Å². The molecule has 2 aromatic carbocycles. The van der Waals surface area contributed by atoms with E-state index in [0.29, 0.717) is 11.3 Å². The minimum atomic E-state index is -4.43. The van der Waals surface area contributed by atoms with Gasteiger partial charge in [-0.05, 0) is 48.9 Å². The van der Waals surface area contributed by atoms with Crippen LogP contribution in [-0.4, -0.2) is 19.5 Å². The van der Waals surface area contributed by atoms with Gasteiger partial charge in [-0.25, -0.2) is 13.1 Å². The molecule has 7 nitrogen and oxygen atoms in total. The molecule has 0 atom stereocenters. The summed E-state index contributed by atoms with van der Waals surface area (Å²) < 4.78 is 69.4. The average Bonchev–Trinajstić information content (AvgIpc) is 3.09. The van der Waals surface area contributed by atoms with Gasteiger partial charge in [-0.2, -0.15) is 13.2 Å². The summed E-state index contributed by atoms with van der Waals surface area (Å²) in [7, 11) is -3.92. The van der Waals surface area contributed by atoms with Crippen LogP contribution in [0.2, 0.25) is 0 Å². The zero-order valence-corrected chi connectivity index (χ0v) is 16.3. The van der Waals surface area contributed by atoms with Crippen molar-refractivity contribution in [1.82, 2.24) is 10.5 Å². The summed E-state index contributed by atoms with van der Waals surface area (Å²) in [5, 5.41) is 6.15. The van der Waals surface area contributed by atoms with Crippen molar-refractivity contribution in [1.29, 1.82) is 0 Å². The largest absolute Gasteiger partial charge is 0.416 e. The number of anilines is 1. The highest BCUT2D eigenvalue weighted by atomic mass is 32.2. The Hall–Kier alpha value is -3.34. The Morgan fingerprint density at radius 3 is 2.23 bits per heavy atom. The van der Waals surface area contributed by atoms with E-state index in [-0.39, 0.29) is 22.9 Å². The van der Waals surface area contributed by atoms with Crippen LogP contribution < -0.4 is 10.0 Å². The van der Waals surface area contributed by atoms with Crippen molar-refractivity contribution < 1.29 is 30.9 Å². The van der Waals surface area contributed by atoms with Crippen LogP contribution in [0, 0.1) is 6.92 Å². The molecule has 11 heteroatoms. The van der Waals surface area contributed by atoms with Gasteiger partial charge in [0.05, 0.1) is 16.2 Å². The number of halogens is 3. The zero-order chi connectivity index (χ0) is 21.9. The third kappa shape index (κ3) is 5.17. The number of alkyl halides is 3. The van der Waals surface area contributed by atoms with Gasteiger partial charge in [0.15, 0.2) is 0 Å². The Morgan fingerprint density at radius 1 is 1.07 bits per heavy atom. The van der Waals surface area contributed by atoms with Crippen molar-refractivity contribution >= 4 is 21.8 Å². The normalized spacial score (nSPS) is 11.9. The molecule has 0 aliphatic rings. The number of aryl methyl sites for hydroxylation is 1.